The number of thiophene rings is 1. The van der Waals surface area contributed by atoms with E-state index >= 15 is 0 Å². The lowest BCUT2D eigenvalue weighted by molar-refractivity contribution is 0.0993. The Labute approximate surface area is 119 Å². The lowest BCUT2D eigenvalue weighted by Gasteiger charge is -2.15. The number of carbonyl (C=O) groups is 1. The number of rotatable bonds is 3. The van der Waals surface area contributed by atoms with Gasteiger partial charge in [0.2, 0.25) is 0 Å². The molecule has 1 N–H and O–H groups in total. The third-order valence-electron chi connectivity index (χ3n) is 2.61. The van der Waals surface area contributed by atoms with Crippen LogP contribution in [0.5, 0.6) is 0 Å². The van der Waals surface area contributed by atoms with Crippen molar-refractivity contribution in [3.05, 3.63) is 45.7 Å². The highest BCUT2D eigenvalue weighted by atomic mass is 79.9. The monoisotopic (exact) mass is 324 g/mol. The lowest BCUT2D eigenvalue weighted by atomic mass is 10.2. The highest BCUT2D eigenvalue weighted by Crippen LogP contribution is 2.30. The number of nitrogens with one attached hydrogen (secondary N) is 1. The Balaban J connectivity index is 2.19. The van der Waals surface area contributed by atoms with E-state index in [1.807, 2.05) is 43.4 Å². The molecular formula is C13H13BrN2OS. The van der Waals surface area contributed by atoms with Gasteiger partial charge in [-0.2, -0.15) is 0 Å². The van der Waals surface area contributed by atoms with E-state index in [0.717, 1.165) is 14.5 Å². The summed E-state index contributed by atoms with van der Waals surface area (Å²) in [5.74, 6) is -0.00740. The number of carbonyl (C=O) groups excluding carboxylic acids is 1. The van der Waals surface area contributed by atoms with Crippen LogP contribution < -0.4 is 10.2 Å². The van der Waals surface area contributed by atoms with Crippen molar-refractivity contribution in [1.29, 1.82) is 0 Å². The van der Waals surface area contributed by atoms with Crippen LogP contribution in [0, 0.1) is 0 Å². The average Bonchev–Trinajstić information content (AvgIpc) is 2.84. The first kappa shape index (κ1) is 13.1. The highest BCUT2D eigenvalue weighted by molar-refractivity contribution is 9.11. The van der Waals surface area contributed by atoms with Gasteiger partial charge in [-0.25, -0.2) is 0 Å². The van der Waals surface area contributed by atoms with Gasteiger partial charge in [0.1, 0.15) is 0 Å². The maximum Gasteiger partial charge on any atom is 0.258 e. The molecule has 2 rings (SSSR count). The van der Waals surface area contributed by atoms with E-state index in [1.165, 1.54) is 11.3 Å². The summed E-state index contributed by atoms with van der Waals surface area (Å²) in [6, 6.07) is 11.3. The minimum atomic E-state index is -0.00740. The predicted octanol–water partition coefficient (Wildman–Crippen LogP) is 3.83. The van der Waals surface area contributed by atoms with Crippen molar-refractivity contribution in [2.45, 2.75) is 0 Å². The molecule has 5 heteroatoms. The van der Waals surface area contributed by atoms with Crippen molar-refractivity contribution in [3.8, 4) is 0 Å². The van der Waals surface area contributed by atoms with Crippen LogP contribution in [0.1, 0.15) is 10.4 Å². The molecule has 0 aliphatic heterocycles. The van der Waals surface area contributed by atoms with E-state index in [4.69, 9.17) is 0 Å². The highest BCUT2D eigenvalue weighted by Gasteiger charge is 2.14. The Bertz CT molecular complexity index is 550. The quantitative estimate of drug-likeness (QED) is 0.930. The topological polar surface area (TPSA) is 32.3 Å². The summed E-state index contributed by atoms with van der Waals surface area (Å²) < 4.78 is 1.02. The van der Waals surface area contributed by atoms with Gasteiger partial charge in [-0.1, -0.05) is 0 Å². The van der Waals surface area contributed by atoms with Crippen molar-refractivity contribution in [1.82, 2.24) is 0 Å². The van der Waals surface area contributed by atoms with Crippen LogP contribution in [0.2, 0.25) is 0 Å². The van der Waals surface area contributed by atoms with Crippen LogP contribution in [-0.2, 0) is 0 Å². The Morgan fingerprint density at radius 2 is 1.89 bits per heavy atom. The van der Waals surface area contributed by atoms with E-state index < -0.39 is 0 Å². The molecule has 18 heavy (non-hydrogen) atoms. The molecule has 0 saturated carbocycles. The maximum absolute atomic E-state index is 12.3. The molecule has 3 nitrogen and oxygen atoms in total. The molecule has 1 aromatic heterocycles. The van der Waals surface area contributed by atoms with Crippen molar-refractivity contribution < 1.29 is 4.79 Å². The maximum atomic E-state index is 12.3. The summed E-state index contributed by atoms with van der Waals surface area (Å²) in [6.45, 7) is 0. The zero-order valence-corrected chi connectivity index (χ0v) is 12.5. The number of amides is 1. The fourth-order valence-corrected chi connectivity index (χ4v) is 2.88. The molecule has 94 valence electrons. The van der Waals surface area contributed by atoms with Gasteiger partial charge < -0.3 is 10.2 Å². The number of benzene rings is 1. The van der Waals surface area contributed by atoms with Crippen LogP contribution in [0.3, 0.4) is 0 Å². The minimum Gasteiger partial charge on any atom is -0.388 e. The fourth-order valence-electron chi connectivity index (χ4n) is 1.56. The number of anilines is 2. The van der Waals surface area contributed by atoms with Crippen LogP contribution in [0.4, 0.5) is 10.7 Å². The second kappa shape index (κ2) is 5.54. The molecule has 1 amide bonds. The Morgan fingerprint density at radius 3 is 2.39 bits per heavy atom. The molecule has 0 spiro atoms. The second-order valence-corrected chi connectivity index (χ2v) is 6.21. The summed E-state index contributed by atoms with van der Waals surface area (Å²) in [4.78, 5) is 13.9. The van der Waals surface area contributed by atoms with Gasteiger partial charge in [-0.05, 0) is 52.3 Å². The number of halogens is 1. The molecule has 0 bridgehead atoms. The van der Waals surface area contributed by atoms with Crippen LogP contribution in [0.15, 0.2) is 40.2 Å². The molecule has 0 unspecified atom stereocenters. The molecule has 0 aliphatic rings. The van der Waals surface area contributed by atoms with Gasteiger partial charge in [-0.15, -0.1) is 11.3 Å². The predicted molar refractivity (Wildman–Crippen MR) is 80.7 cm³/mol. The normalized spacial score (nSPS) is 10.2. The van der Waals surface area contributed by atoms with Crippen molar-refractivity contribution in [3.63, 3.8) is 0 Å². The third kappa shape index (κ3) is 2.73. The summed E-state index contributed by atoms with van der Waals surface area (Å²) >= 11 is 4.93. The van der Waals surface area contributed by atoms with E-state index in [9.17, 15) is 4.79 Å². The molecule has 0 aliphatic carbocycles. The molecule has 1 heterocycles. The standard InChI is InChI=1S/C13H13BrN2OS/c1-15-10-5-3-9(4-6-10)13(17)16(2)12-8-7-11(14)18-12/h3-8,15H,1-2H3. The van der Waals surface area contributed by atoms with Gasteiger partial charge >= 0.3 is 0 Å². The Morgan fingerprint density at radius 1 is 1.22 bits per heavy atom. The molecular weight excluding hydrogens is 312 g/mol. The molecule has 1 aromatic carbocycles. The van der Waals surface area contributed by atoms with E-state index in [2.05, 4.69) is 21.2 Å². The van der Waals surface area contributed by atoms with E-state index in [1.54, 1.807) is 11.9 Å². The van der Waals surface area contributed by atoms with E-state index in [-0.39, 0.29) is 5.91 Å². The van der Waals surface area contributed by atoms with E-state index in [0.29, 0.717) is 5.56 Å². The smallest absolute Gasteiger partial charge is 0.258 e. The molecule has 0 atom stereocenters. The van der Waals surface area contributed by atoms with Crippen molar-refractivity contribution in [2.24, 2.45) is 0 Å². The van der Waals surface area contributed by atoms with Gasteiger partial charge in [0.05, 0.1) is 8.79 Å². The number of hydrogen-bond acceptors (Lipinski definition) is 3. The lowest BCUT2D eigenvalue weighted by Crippen LogP contribution is -2.25. The first-order valence-electron chi connectivity index (χ1n) is 5.43. The van der Waals surface area contributed by atoms with Gasteiger partial charge in [0.25, 0.3) is 5.91 Å². The zero-order chi connectivity index (χ0) is 13.1. The fraction of sp³-hybridized carbons (Fsp3) is 0.154. The van der Waals surface area contributed by atoms with Gasteiger partial charge in [-0.3, -0.25) is 4.79 Å². The minimum absolute atomic E-state index is 0.00740. The zero-order valence-electron chi connectivity index (χ0n) is 10.1. The first-order valence-corrected chi connectivity index (χ1v) is 7.04. The van der Waals surface area contributed by atoms with Gasteiger partial charge in [0, 0.05) is 25.3 Å². The number of hydrogen-bond donors (Lipinski definition) is 1. The van der Waals surface area contributed by atoms with Crippen molar-refractivity contribution >= 4 is 43.9 Å². The summed E-state index contributed by atoms with van der Waals surface area (Å²) in [6.07, 6.45) is 0. The average molecular weight is 325 g/mol. The van der Waals surface area contributed by atoms with Crippen molar-refractivity contribution in [2.75, 3.05) is 24.3 Å². The molecule has 0 radical (unpaired) electrons. The largest absolute Gasteiger partial charge is 0.388 e. The summed E-state index contributed by atoms with van der Waals surface area (Å²) in [7, 11) is 3.64. The number of nitrogens with zero attached hydrogens (tertiary/aromatic N) is 1. The molecule has 0 saturated heterocycles. The summed E-state index contributed by atoms with van der Waals surface area (Å²) in [5, 5.41) is 3.95. The summed E-state index contributed by atoms with van der Waals surface area (Å²) in [5.41, 5.74) is 1.68. The Hall–Kier alpha value is -1.33. The first-order chi connectivity index (χ1) is 8.61. The van der Waals surface area contributed by atoms with Crippen LogP contribution in [-0.4, -0.2) is 20.0 Å². The SMILES string of the molecule is CNc1ccc(C(=O)N(C)c2ccc(Br)s2)cc1. The molecule has 2 aromatic rings. The van der Waals surface area contributed by atoms with Gasteiger partial charge in [0.15, 0.2) is 0 Å². The molecule has 0 fully saturated rings. The van der Waals surface area contributed by atoms with Crippen LogP contribution in [0.25, 0.3) is 0 Å². The second-order valence-electron chi connectivity index (χ2n) is 3.77. The van der Waals surface area contributed by atoms with Crippen LogP contribution >= 0.6 is 27.3 Å². The Kier molecular flexibility index (Phi) is 4.04. The third-order valence-corrected chi connectivity index (χ3v) is 4.31.